The lowest BCUT2D eigenvalue weighted by Gasteiger charge is -2.10. The first-order valence-electron chi connectivity index (χ1n) is 3.86. The first kappa shape index (κ1) is 10.6. The van der Waals surface area contributed by atoms with Crippen LogP contribution in [0.15, 0.2) is 4.66 Å². The van der Waals surface area contributed by atoms with Crippen molar-refractivity contribution in [2.75, 3.05) is 0 Å². The van der Waals surface area contributed by atoms with Crippen molar-refractivity contribution in [3.05, 3.63) is 0 Å². The first-order valence-corrected chi connectivity index (χ1v) is 7.31. The zero-order valence-corrected chi connectivity index (χ0v) is 9.06. The van der Waals surface area contributed by atoms with E-state index in [2.05, 4.69) is 24.3 Å². The Morgan fingerprint density at radius 1 is 1.27 bits per heavy atom. The van der Waals surface area contributed by atoms with E-state index in [0.29, 0.717) is 6.42 Å². The van der Waals surface area contributed by atoms with Gasteiger partial charge in [-0.2, -0.15) is 0 Å². The van der Waals surface area contributed by atoms with Crippen LogP contribution in [0.3, 0.4) is 0 Å². The van der Waals surface area contributed by atoms with E-state index in [-0.39, 0.29) is 5.78 Å². The molecule has 64 valence electrons. The van der Waals surface area contributed by atoms with E-state index >= 15 is 0 Å². The lowest BCUT2D eigenvalue weighted by Crippen LogP contribution is -2.19. The Balaban J connectivity index is 4.12. The van der Waals surface area contributed by atoms with Gasteiger partial charge in [-0.05, 0) is 33.5 Å². The smallest absolute Gasteiger partial charge is 0.172 e. The number of nitrogens with zero attached hydrogens (tertiary/aromatic N) is 1. The van der Waals surface area contributed by atoms with E-state index in [4.69, 9.17) is 0 Å². The molecule has 0 aromatic heterocycles. The first-order chi connectivity index (χ1) is 4.81. The van der Waals surface area contributed by atoms with Gasteiger partial charge in [0.1, 0.15) is 5.78 Å². The Labute approximate surface area is 69.8 Å². The number of ketones is 1. The molecule has 0 aromatic carbocycles. The van der Waals surface area contributed by atoms with Gasteiger partial charge in [0.2, 0.25) is 0 Å². The normalized spacial score (nSPS) is 13.4. The minimum absolute atomic E-state index is 0.199. The van der Waals surface area contributed by atoms with Gasteiger partial charge in [0.05, 0.1) is 0 Å². The van der Waals surface area contributed by atoms with Crippen LogP contribution in [-0.4, -0.2) is 19.7 Å². The van der Waals surface area contributed by atoms with Gasteiger partial charge >= 0.3 is 0 Å². The molecular weight excluding hydrogens is 154 g/mol. The van der Waals surface area contributed by atoms with Gasteiger partial charge in [-0.15, -0.1) is 0 Å². The number of Topliss-reactive ketones (excluding diaryl/α,β-unsaturated/α-hetero) is 1. The predicted octanol–water partition coefficient (Wildman–Crippen LogP) is 2.26. The second-order valence-corrected chi connectivity index (χ2v) is 8.46. The molecule has 3 heteroatoms. The summed E-state index contributed by atoms with van der Waals surface area (Å²) in [6.45, 7) is 10.0. The van der Waals surface area contributed by atoms with Gasteiger partial charge in [-0.25, -0.2) is 0 Å². The molecule has 0 saturated carbocycles. The molecule has 0 saturated heterocycles. The zero-order valence-electron chi connectivity index (χ0n) is 8.06. The number of rotatable bonds is 3. The topological polar surface area (TPSA) is 29.4 Å². The Hall–Kier alpha value is -0.443. The summed E-state index contributed by atoms with van der Waals surface area (Å²) in [6.07, 6.45) is 0.518. The van der Waals surface area contributed by atoms with Crippen LogP contribution in [0.1, 0.15) is 20.3 Å². The predicted molar refractivity (Wildman–Crippen MR) is 51.8 cm³/mol. The monoisotopic (exact) mass is 171 g/mol. The molecule has 2 nitrogen and oxygen atoms in total. The molecule has 0 amide bonds. The van der Waals surface area contributed by atoms with Crippen LogP contribution < -0.4 is 0 Å². The molecule has 0 atom stereocenters. The molecule has 0 aliphatic carbocycles. The summed E-state index contributed by atoms with van der Waals surface area (Å²) in [6, 6.07) is 0. The average molecular weight is 171 g/mol. The van der Waals surface area contributed by atoms with Crippen LogP contribution in [0.4, 0.5) is 0 Å². The van der Waals surface area contributed by atoms with E-state index in [0.717, 1.165) is 5.71 Å². The van der Waals surface area contributed by atoms with E-state index in [1.807, 2.05) is 6.92 Å². The van der Waals surface area contributed by atoms with Crippen LogP contribution in [0.2, 0.25) is 19.6 Å². The lowest BCUT2D eigenvalue weighted by molar-refractivity contribution is -0.115. The van der Waals surface area contributed by atoms with Gasteiger partial charge in [0.15, 0.2) is 8.24 Å². The second kappa shape index (κ2) is 3.81. The minimum Gasteiger partial charge on any atom is -0.330 e. The molecule has 0 aromatic rings. The maximum atomic E-state index is 10.7. The molecule has 0 radical (unpaired) electrons. The van der Waals surface area contributed by atoms with Crippen LogP contribution in [-0.2, 0) is 4.79 Å². The highest BCUT2D eigenvalue weighted by atomic mass is 28.3. The molecule has 11 heavy (non-hydrogen) atoms. The van der Waals surface area contributed by atoms with E-state index < -0.39 is 8.24 Å². The largest absolute Gasteiger partial charge is 0.330 e. The van der Waals surface area contributed by atoms with E-state index in [9.17, 15) is 4.79 Å². The summed E-state index contributed by atoms with van der Waals surface area (Å²) in [5.41, 5.74) is 0.983. The van der Waals surface area contributed by atoms with Gasteiger partial charge in [0.25, 0.3) is 0 Å². The summed E-state index contributed by atoms with van der Waals surface area (Å²) in [5.74, 6) is 0.199. The highest BCUT2D eigenvalue weighted by Crippen LogP contribution is 2.03. The molecule has 0 unspecified atom stereocenters. The number of carbonyl (C=O) groups excluding carboxylic acids is 1. The zero-order chi connectivity index (χ0) is 9.07. The average Bonchev–Trinajstić information content (AvgIpc) is 1.53. The van der Waals surface area contributed by atoms with Crippen LogP contribution in [0.5, 0.6) is 0 Å². The molecular formula is C8H17NOSi. The molecule has 0 fully saturated rings. The van der Waals surface area contributed by atoms with Crippen molar-refractivity contribution in [3.8, 4) is 0 Å². The third-order valence-corrected chi connectivity index (χ3v) is 2.08. The van der Waals surface area contributed by atoms with Crippen molar-refractivity contribution in [2.24, 2.45) is 4.66 Å². The molecule has 0 N–H and O–H groups in total. The second-order valence-electron chi connectivity index (χ2n) is 3.90. The fourth-order valence-electron chi connectivity index (χ4n) is 0.972. The Morgan fingerprint density at radius 3 is 2.00 bits per heavy atom. The third-order valence-electron chi connectivity index (χ3n) is 1.03. The fourth-order valence-corrected chi connectivity index (χ4v) is 2.20. The maximum absolute atomic E-state index is 10.7. The van der Waals surface area contributed by atoms with Gasteiger partial charge < -0.3 is 4.66 Å². The van der Waals surface area contributed by atoms with Crippen molar-refractivity contribution in [1.82, 2.24) is 0 Å². The SMILES string of the molecule is CC(=O)CC(C)=N[Si](C)(C)C. The van der Waals surface area contributed by atoms with Crippen molar-refractivity contribution in [3.63, 3.8) is 0 Å². The van der Waals surface area contributed by atoms with Crippen molar-refractivity contribution in [1.29, 1.82) is 0 Å². The Kier molecular flexibility index (Phi) is 3.65. The van der Waals surface area contributed by atoms with E-state index in [1.54, 1.807) is 6.92 Å². The molecule has 0 aliphatic heterocycles. The molecule has 0 spiro atoms. The molecule has 0 bridgehead atoms. The quantitative estimate of drug-likeness (QED) is 0.473. The van der Waals surface area contributed by atoms with Crippen LogP contribution in [0, 0.1) is 0 Å². The van der Waals surface area contributed by atoms with Crippen molar-refractivity contribution >= 4 is 19.7 Å². The lowest BCUT2D eigenvalue weighted by atomic mass is 10.2. The van der Waals surface area contributed by atoms with Gasteiger partial charge in [-0.3, -0.25) is 4.79 Å². The maximum Gasteiger partial charge on any atom is 0.172 e. The Morgan fingerprint density at radius 2 is 1.73 bits per heavy atom. The van der Waals surface area contributed by atoms with Gasteiger partial charge in [0, 0.05) is 12.1 Å². The molecule has 0 heterocycles. The number of hydrogen-bond donors (Lipinski definition) is 0. The van der Waals surface area contributed by atoms with Gasteiger partial charge in [-0.1, -0.05) is 0 Å². The Bertz CT molecular complexity index is 179. The minimum atomic E-state index is -1.35. The van der Waals surface area contributed by atoms with Crippen LogP contribution >= 0.6 is 0 Å². The number of carbonyl (C=O) groups is 1. The fraction of sp³-hybridized carbons (Fsp3) is 0.750. The standard InChI is InChI=1S/C8H17NOSi/c1-7(6-8(2)10)9-11(3,4)5/h6H2,1-5H3. The summed E-state index contributed by atoms with van der Waals surface area (Å²) in [4.78, 5) is 10.7. The molecule has 0 aliphatic rings. The molecule has 0 rings (SSSR count). The third kappa shape index (κ3) is 7.45. The number of hydrogen-bond acceptors (Lipinski definition) is 2. The van der Waals surface area contributed by atoms with Crippen molar-refractivity contribution in [2.45, 2.75) is 39.9 Å². The van der Waals surface area contributed by atoms with Crippen molar-refractivity contribution < 1.29 is 4.79 Å². The van der Waals surface area contributed by atoms with Crippen LogP contribution in [0.25, 0.3) is 0 Å². The highest BCUT2D eigenvalue weighted by molar-refractivity contribution is 6.75. The summed E-state index contributed by atoms with van der Waals surface area (Å²) >= 11 is 0. The summed E-state index contributed by atoms with van der Waals surface area (Å²) in [7, 11) is -1.35. The summed E-state index contributed by atoms with van der Waals surface area (Å²) < 4.78 is 4.48. The highest BCUT2D eigenvalue weighted by Gasteiger charge is 2.11. The van der Waals surface area contributed by atoms with E-state index in [1.165, 1.54) is 0 Å². The summed E-state index contributed by atoms with van der Waals surface area (Å²) in [5, 5.41) is 0.